The van der Waals surface area contributed by atoms with Gasteiger partial charge in [0, 0.05) is 24.7 Å². The van der Waals surface area contributed by atoms with E-state index >= 15 is 0 Å². The highest BCUT2D eigenvalue weighted by Crippen LogP contribution is 2.37. The van der Waals surface area contributed by atoms with Crippen LogP contribution in [0.2, 0.25) is 0 Å². The molecule has 1 aromatic carbocycles. The Morgan fingerprint density at radius 1 is 1.32 bits per heavy atom. The minimum atomic E-state index is -2.83. The Bertz CT molecular complexity index is 467. The fourth-order valence-corrected chi connectivity index (χ4v) is 3.12. The summed E-state index contributed by atoms with van der Waals surface area (Å²) in [7, 11) is 0. The van der Waals surface area contributed by atoms with Crippen LogP contribution in [0.3, 0.4) is 0 Å². The van der Waals surface area contributed by atoms with Crippen molar-refractivity contribution in [3.63, 3.8) is 0 Å². The van der Waals surface area contributed by atoms with Crippen molar-refractivity contribution in [3.05, 3.63) is 35.4 Å². The van der Waals surface area contributed by atoms with Crippen LogP contribution in [-0.2, 0) is 12.5 Å². The minimum Gasteiger partial charge on any atom is -0.390 e. The van der Waals surface area contributed by atoms with E-state index in [1.165, 1.54) is 6.07 Å². The number of piperidine rings is 1. The average molecular weight is 268 g/mol. The van der Waals surface area contributed by atoms with E-state index in [0.29, 0.717) is 25.1 Å². The van der Waals surface area contributed by atoms with E-state index in [-0.39, 0.29) is 18.2 Å². The lowest BCUT2D eigenvalue weighted by molar-refractivity contribution is -0.0839. The molecule has 1 saturated heterocycles. The van der Waals surface area contributed by atoms with Crippen molar-refractivity contribution in [1.82, 2.24) is 10.2 Å². The number of fused-ring (bicyclic) bond motifs is 1. The second-order valence-corrected chi connectivity index (χ2v) is 5.39. The van der Waals surface area contributed by atoms with Gasteiger partial charge in [-0.15, -0.1) is 0 Å². The minimum absolute atomic E-state index is 0.134. The Morgan fingerprint density at radius 2 is 2.11 bits per heavy atom. The van der Waals surface area contributed by atoms with Crippen LogP contribution in [-0.4, -0.2) is 41.8 Å². The summed E-state index contributed by atoms with van der Waals surface area (Å²) in [5, 5.41) is 13.1. The maximum atomic E-state index is 14.2. The van der Waals surface area contributed by atoms with Gasteiger partial charge in [-0.3, -0.25) is 4.90 Å². The van der Waals surface area contributed by atoms with E-state index < -0.39 is 12.0 Å². The highest BCUT2D eigenvalue weighted by atomic mass is 19.3. The second kappa shape index (κ2) is 4.81. The van der Waals surface area contributed by atoms with Gasteiger partial charge in [-0.25, -0.2) is 0 Å². The molecule has 0 amide bonds. The molecule has 2 N–H and O–H groups in total. The van der Waals surface area contributed by atoms with E-state index in [2.05, 4.69) is 5.32 Å². The summed E-state index contributed by atoms with van der Waals surface area (Å²) in [6.07, 6.45) is 0.134. The number of nitrogens with zero attached hydrogens (tertiary/aromatic N) is 1. The van der Waals surface area contributed by atoms with Crippen molar-refractivity contribution in [2.24, 2.45) is 0 Å². The molecule has 0 saturated carbocycles. The number of hydrogen-bond donors (Lipinski definition) is 2. The van der Waals surface area contributed by atoms with Crippen LogP contribution >= 0.6 is 0 Å². The van der Waals surface area contributed by atoms with E-state index in [1.54, 1.807) is 23.1 Å². The fraction of sp³-hybridized carbons (Fsp3) is 0.571. The molecule has 1 fully saturated rings. The van der Waals surface area contributed by atoms with Crippen molar-refractivity contribution in [2.75, 3.05) is 19.6 Å². The van der Waals surface area contributed by atoms with E-state index in [9.17, 15) is 13.9 Å². The van der Waals surface area contributed by atoms with Crippen molar-refractivity contribution in [3.8, 4) is 0 Å². The molecule has 19 heavy (non-hydrogen) atoms. The molecule has 0 spiro atoms. The maximum Gasteiger partial charge on any atom is 0.285 e. The third kappa shape index (κ3) is 2.38. The van der Waals surface area contributed by atoms with Crippen molar-refractivity contribution >= 4 is 0 Å². The zero-order valence-electron chi connectivity index (χ0n) is 10.6. The van der Waals surface area contributed by atoms with Crippen LogP contribution in [0.4, 0.5) is 8.78 Å². The summed E-state index contributed by atoms with van der Waals surface area (Å²) >= 11 is 0. The molecule has 1 aromatic rings. The number of aliphatic hydroxyl groups excluding tert-OH is 1. The molecule has 104 valence electrons. The van der Waals surface area contributed by atoms with Gasteiger partial charge in [0.15, 0.2) is 0 Å². The van der Waals surface area contributed by atoms with Crippen LogP contribution in [0.25, 0.3) is 0 Å². The van der Waals surface area contributed by atoms with Gasteiger partial charge in [-0.2, -0.15) is 8.78 Å². The van der Waals surface area contributed by atoms with E-state index in [1.807, 2.05) is 0 Å². The molecular weight excluding hydrogens is 250 g/mol. The number of aliphatic hydroxyl groups is 1. The topological polar surface area (TPSA) is 35.5 Å². The standard InChI is InChI=1S/C14H18F2N2O/c15-14(16)9-18(12-5-6-17-7-13(12)19)8-10-3-1-2-4-11(10)14/h1-4,12-13,17,19H,5-9H2/t12-,13-/m1/s1. The largest absolute Gasteiger partial charge is 0.390 e. The number of alkyl halides is 2. The molecule has 3 rings (SSSR count). The van der Waals surface area contributed by atoms with Crippen LogP contribution in [0.1, 0.15) is 17.5 Å². The van der Waals surface area contributed by atoms with Gasteiger partial charge in [0.05, 0.1) is 12.6 Å². The monoisotopic (exact) mass is 268 g/mol. The number of nitrogens with one attached hydrogen (secondary N) is 1. The lowest BCUT2D eigenvalue weighted by Crippen LogP contribution is -2.56. The summed E-state index contributed by atoms with van der Waals surface area (Å²) in [4.78, 5) is 1.73. The maximum absolute atomic E-state index is 14.2. The average Bonchev–Trinajstić information content (AvgIpc) is 2.38. The first kappa shape index (κ1) is 13.0. The molecule has 5 heteroatoms. The molecule has 2 heterocycles. The Hall–Kier alpha value is -1.04. The summed E-state index contributed by atoms with van der Waals surface area (Å²) in [5.74, 6) is -2.83. The predicted octanol–water partition coefficient (Wildman–Crippen LogP) is 1.32. The highest BCUT2D eigenvalue weighted by Gasteiger charge is 2.43. The first-order valence-electron chi connectivity index (χ1n) is 6.67. The zero-order chi connectivity index (χ0) is 13.5. The molecule has 0 radical (unpaired) electrons. The van der Waals surface area contributed by atoms with Gasteiger partial charge in [0.25, 0.3) is 5.92 Å². The Balaban J connectivity index is 1.87. The SMILES string of the molecule is O[C@@H]1CNCC[C@H]1N1Cc2ccccc2C(F)(F)C1. The van der Waals surface area contributed by atoms with Crippen LogP contribution < -0.4 is 5.32 Å². The molecule has 2 atom stereocenters. The first-order chi connectivity index (χ1) is 9.08. The van der Waals surface area contributed by atoms with Crippen molar-refractivity contribution < 1.29 is 13.9 Å². The Kier molecular flexibility index (Phi) is 3.28. The lowest BCUT2D eigenvalue weighted by atomic mass is 9.92. The van der Waals surface area contributed by atoms with Gasteiger partial charge in [0.1, 0.15) is 0 Å². The summed E-state index contributed by atoms with van der Waals surface area (Å²) < 4.78 is 28.4. The number of benzene rings is 1. The van der Waals surface area contributed by atoms with Crippen molar-refractivity contribution in [1.29, 1.82) is 0 Å². The highest BCUT2D eigenvalue weighted by molar-refractivity contribution is 5.33. The number of rotatable bonds is 1. The first-order valence-corrected chi connectivity index (χ1v) is 6.67. The van der Waals surface area contributed by atoms with Gasteiger partial charge in [-0.05, 0) is 18.5 Å². The molecule has 0 unspecified atom stereocenters. The van der Waals surface area contributed by atoms with E-state index in [0.717, 1.165) is 6.54 Å². The van der Waals surface area contributed by atoms with Gasteiger partial charge in [0.2, 0.25) is 0 Å². The molecule has 2 aliphatic rings. The van der Waals surface area contributed by atoms with Crippen LogP contribution in [0.5, 0.6) is 0 Å². The number of halogens is 2. The number of hydrogen-bond acceptors (Lipinski definition) is 3. The Morgan fingerprint density at radius 3 is 2.89 bits per heavy atom. The molecule has 0 bridgehead atoms. The summed E-state index contributed by atoms with van der Waals surface area (Å²) in [6.45, 7) is 1.44. The van der Waals surface area contributed by atoms with Crippen LogP contribution in [0, 0.1) is 0 Å². The summed E-state index contributed by atoms with van der Waals surface area (Å²) in [6, 6.07) is 6.52. The second-order valence-electron chi connectivity index (χ2n) is 5.39. The third-order valence-electron chi connectivity index (χ3n) is 4.07. The van der Waals surface area contributed by atoms with Crippen molar-refractivity contribution in [2.45, 2.75) is 31.0 Å². The smallest absolute Gasteiger partial charge is 0.285 e. The zero-order valence-corrected chi connectivity index (χ0v) is 10.6. The third-order valence-corrected chi connectivity index (χ3v) is 4.07. The van der Waals surface area contributed by atoms with E-state index in [4.69, 9.17) is 0 Å². The molecule has 2 aliphatic heterocycles. The Labute approximate surface area is 111 Å². The molecule has 3 nitrogen and oxygen atoms in total. The fourth-order valence-electron chi connectivity index (χ4n) is 3.12. The van der Waals surface area contributed by atoms with Gasteiger partial charge < -0.3 is 10.4 Å². The number of β-amino-alcohol motifs (C(OH)–C–C–N with tert-alkyl or cyclic N) is 1. The lowest BCUT2D eigenvalue weighted by Gasteiger charge is -2.42. The van der Waals surface area contributed by atoms with Crippen LogP contribution in [0.15, 0.2) is 24.3 Å². The van der Waals surface area contributed by atoms with Gasteiger partial charge >= 0.3 is 0 Å². The normalized spacial score (nSPS) is 30.9. The predicted molar refractivity (Wildman–Crippen MR) is 68.0 cm³/mol. The molecular formula is C14H18F2N2O. The summed E-state index contributed by atoms with van der Waals surface area (Å²) in [5.41, 5.74) is 0.805. The quantitative estimate of drug-likeness (QED) is 0.806. The molecule has 0 aliphatic carbocycles. The molecule has 0 aromatic heterocycles. The van der Waals surface area contributed by atoms with Gasteiger partial charge in [-0.1, -0.05) is 24.3 Å².